The third-order valence-electron chi connectivity index (χ3n) is 3.90. The van der Waals surface area contributed by atoms with Crippen molar-refractivity contribution in [2.45, 2.75) is 38.1 Å². The van der Waals surface area contributed by atoms with Crippen LogP contribution in [0.2, 0.25) is 0 Å². The van der Waals surface area contributed by atoms with Crippen molar-refractivity contribution in [2.24, 2.45) is 0 Å². The molecule has 1 aliphatic rings. The molecule has 6 nitrogen and oxygen atoms in total. The Balaban J connectivity index is 1.85. The van der Waals surface area contributed by atoms with Gasteiger partial charge < -0.3 is 15.4 Å². The second-order valence-corrected chi connectivity index (χ2v) is 5.60. The van der Waals surface area contributed by atoms with E-state index in [2.05, 4.69) is 16.7 Å². The first-order chi connectivity index (χ1) is 11.1. The zero-order chi connectivity index (χ0) is 16.7. The minimum absolute atomic E-state index is 0.0855. The molecule has 1 aromatic carbocycles. The van der Waals surface area contributed by atoms with Gasteiger partial charge >= 0.3 is 5.97 Å². The van der Waals surface area contributed by atoms with Crippen LogP contribution in [0.4, 0.5) is 5.69 Å². The predicted molar refractivity (Wildman–Crippen MR) is 85.8 cm³/mol. The molecule has 1 aromatic rings. The fourth-order valence-corrected chi connectivity index (χ4v) is 2.68. The minimum atomic E-state index is -0.702. The second-order valence-electron chi connectivity index (χ2n) is 5.60. The molecule has 0 atom stereocenters. The van der Waals surface area contributed by atoms with Crippen LogP contribution in [-0.2, 0) is 9.53 Å². The summed E-state index contributed by atoms with van der Waals surface area (Å²) in [5.41, 5.74) is 0.494. The summed E-state index contributed by atoms with van der Waals surface area (Å²) in [6, 6.07) is 8.95. The maximum Gasteiger partial charge on any atom is 0.338 e. The van der Waals surface area contributed by atoms with Gasteiger partial charge in [-0.05, 0) is 56.9 Å². The Morgan fingerprint density at radius 3 is 2.48 bits per heavy atom. The number of ether oxygens (including phenoxy) is 1. The Kier molecular flexibility index (Phi) is 5.58. The number of hydrogen-bond acceptors (Lipinski definition) is 5. The summed E-state index contributed by atoms with van der Waals surface area (Å²) in [5.74, 6) is -0.572. The number of nitriles is 1. The lowest BCUT2D eigenvalue weighted by Gasteiger charge is -2.22. The molecule has 0 spiro atoms. The quantitative estimate of drug-likeness (QED) is 0.786. The molecule has 1 fully saturated rings. The first-order valence-corrected chi connectivity index (χ1v) is 7.82. The van der Waals surface area contributed by atoms with Gasteiger partial charge in [-0.3, -0.25) is 4.79 Å². The van der Waals surface area contributed by atoms with E-state index in [0.717, 1.165) is 18.5 Å². The minimum Gasteiger partial charge on any atom is -0.462 e. The van der Waals surface area contributed by atoms with Gasteiger partial charge in [-0.15, -0.1) is 0 Å². The SMILES string of the molecule is CCOC(=O)c1ccc(NCC(=O)NC2(C#N)CCCC2)cc1. The number of amides is 1. The van der Waals surface area contributed by atoms with Crippen molar-refractivity contribution in [3.8, 4) is 6.07 Å². The van der Waals surface area contributed by atoms with E-state index in [4.69, 9.17) is 4.74 Å². The molecule has 122 valence electrons. The molecule has 2 rings (SSSR count). The number of hydrogen-bond donors (Lipinski definition) is 2. The number of rotatable bonds is 6. The molecular weight excluding hydrogens is 294 g/mol. The van der Waals surface area contributed by atoms with Gasteiger partial charge in [0.2, 0.25) is 5.91 Å². The van der Waals surface area contributed by atoms with Crippen LogP contribution in [0.3, 0.4) is 0 Å². The lowest BCUT2D eigenvalue weighted by atomic mass is 10.00. The number of nitrogens with zero attached hydrogens (tertiary/aromatic N) is 1. The molecule has 0 unspecified atom stereocenters. The summed E-state index contributed by atoms with van der Waals surface area (Å²) >= 11 is 0. The molecule has 23 heavy (non-hydrogen) atoms. The third kappa shape index (κ3) is 4.46. The smallest absolute Gasteiger partial charge is 0.338 e. The van der Waals surface area contributed by atoms with Crippen molar-refractivity contribution in [2.75, 3.05) is 18.5 Å². The normalized spacial score (nSPS) is 15.5. The average molecular weight is 315 g/mol. The zero-order valence-electron chi connectivity index (χ0n) is 13.2. The van der Waals surface area contributed by atoms with E-state index in [9.17, 15) is 14.9 Å². The maximum absolute atomic E-state index is 12.0. The number of anilines is 1. The van der Waals surface area contributed by atoms with Crippen molar-refractivity contribution in [3.05, 3.63) is 29.8 Å². The monoisotopic (exact) mass is 315 g/mol. The molecule has 1 saturated carbocycles. The summed E-state index contributed by atoms with van der Waals surface area (Å²) in [7, 11) is 0. The molecule has 0 bridgehead atoms. The fraction of sp³-hybridized carbons (Fsp3) is 0.471. The van der Waals surface area contributed by atoms with Crippen molar-refractivity contribution in [1.82, 2.24) is 5.32 Å². The highest BCUT2D eigenvalue weighted by atomic mass is 16.5. The van der Waals surface area contributed by atoms with E-state index < -0.39 is 5.54 Å². The molecule has 6 heteroatoms. The van der Waals surface area contributed by atoms with Gasteiger partial charge in [0.1, 0.15) is 5.54 Å². The van der Waals surface area contributed by atoms with Crippen LogP contribution in [0.25, 0.3) is 0 Å². The first kappa shape index (κ1) is 16.8. The van der Waals surface area contributed by atoms with Crippen molar-refractivity contribution < 1.29 is 14.3 Å². The zero-order valence-corrected chi connectivity index (χ0v) is 13.2. The highest BCUT2D eigenvalue weighted by Crippen LogP contribution is 2.28. The van der Waals surface area contributed by atoms with Gasteiger partial charge in [-0.2, -0.15) is 5.26 Å². The fourth-order valence-electron chi connectivity index (χ4n) is 2.68. The van der Waals surface area contributed by atoms with E-state index in [-0.39, 0.29) is 18.4 Å². The summed E-state index contributed by atoms with van der Waals surface area (Å²) in [6.07, 6.45) is 3.36. The van der Waals surface area contributed by atoms with Crippen LogP contribution < -0.4 is 10.6 Å². The Hall–Kier alpha value is -2.55. The standard InChI is InChI=1S/C17H21N3O3/c1-2-23-16(22)13-5-7-14(8-6-13)19-11-15(21)20-17(12-18)9-3-4-10-17/h5-8,19H,2-4,9-11H2,1H3,(H,20,21). The first-order valence-electron chi connectivity index (χ1n) is 7.82. The van der Waals surface area contributed by atoms with E-state index in [1.807, 2.05) is 0 Å². The van der Waals surface area contributed by atoms with Gasteiger partial charge in [0.25, 0.3) is 0 Å². The van der Waals surface area contributed by atoms with Crippen LogP contribution in [0.5, 0.6) is 0 Å². The topological polar surface area (TPSA) is 91.2 Å². The van der Waals surface area contributed by atoms with E-state index in [0.29, 0.717) is 25.0 Å². The highest BCUT2D eigenvalue weighted by molar-refractivity contribution is 5.90. The van der Waals surface area contributed by atoms with Crippen molar-refractivity contribution in [1.29, 1.82) is 5.26 Å². The predicted octanol–water partition coefficient (Wildman–Crippen LogP) is 2.23. The number of esters is 1. The molecule has 0 aliphatic heterocycles. The Morgan fingerprint density at radius 2 is 1.91 bits per heavy atom. The van der Waals surface area contributed by atoms with Crippen molar-refractivity contribution in [3.63, 3.8) is 0 Å². The lowest BCUT2D eigenvalue weighted by molar-refractivity contribution is -0.120. The number of nitrogens with one attached hydrogen (secondary N) is 2. The van der Waals surface area contributed by atoms with Gasteiger partial charge in [0, 0.05) is 5.69 Å². The molecule has 0 heterocycles. The molecule has 0 aromatic heterocycles. The summed E-state index contributed by atoms with van der Waals surface area (Å²) < 4.78 is 4.91. The van der Waals surface area contributed by atoms with Gasteiger partial charge in [-0.1, -0.05) is 0 Å². The lowest BCUT2D eigenvalue weighted by Crippen LogP contribution is -2.47. The van der Waals surface area contributed by atoms with Crippen molar-refractivity contribution >= 4 is 17.6 Å². The Bertz CT molecular complexity index is 599. The summed E-state index contributed by atoms with van der Waals surface area (Å²) in [6.45, 7) is 2.17. The molecule has 0 radical (unpaired) electrons. The van der Waals surface area contributed by atoms with Crippen LogP contribution in [0, 0.1) is 11.3 Å². The molecular formula is C17H21N3O3. The third-order valence-corrected chi connectivity index (χ3v) is 3.90. The maximum atomic E-state index is 12.0. The number of benzene rings is 1. The Morgan fingerprint density at radius 1 is 1.26 bits per heavy atom. The molecule has 1 aliphatic carbocycles. The van der Waals surface area contributed by atoms with E-state index in [1.54, 1.807) is 31.2 Å². The van der Waals surface area contributed by atoms with Crippen LogP contribution in [-0.4, -0.2) is 30.6 Å². The van der Waals surface area contributed by atoms with Gasteiger partial charge in [-0.25, -0.2) is 4.79 Å². The van der Waals surface area contributed by atoms with Crippen LogP contribution in [0.15, 0.2) is 24.3 Å². The number of carbonyl (C=O) groups excluding carboxylic acids is 2. The Labute approximate surface area is 135 Å². The number of carbonyl (C=O) groups is 2. The molecule has 0 saturated heterocycles. The van der Waals surface area contributed by atoms with Gasteiger partial charge in [0.05, 0.1) is 24.8 Å². The highest BCUT2D eigenvalue weighted by Gasteiger charge is 2.35. The average Bonchev–Trinajstić information content (AvgIpc) is 3.02. The second kappa shape index (κ2) is 7.63. The summed E-state index contributed by atoms with van der Waals surface area (Å²) in [5, 5.41) is 15.1. The van der Waals surface area contributed by atoms with Crippen LogP contribution >= 0.6 is 0 Å². The summed E-state index contributed by atoms with van der Waals surface area (Å²) in [4.78, 5) is 23.5. The largest absolute Gasteiger partial charge is 0.462 e. The van der Waals surface area contributed by atoms with Crippen LogP contribution in [0.1, 0.15) is 43.0 Å². The molecule has 2 N–H and O–H groups in total. The van der Waals surface area contributed by atoms with Gasteiger partial charge in [0.15, 0.2) is 0 Å². The van der Waals surface area contributed by atoms with E-state index >= 15 is 0 Å². The molecule has 1 amide bonds. The van der Waals surface area contributed by atoms with E-state index in [1.165, 1.54) is 0 Å².